The summed E-state index contributed by atoms with van der Waals surface area (Å²) < 4.78 is 20.2. The lowest BCUT2D eigenvalue weighted by atomic mass is 9.56. The maximum absolute atomic E-state index is 14.8. The van der Waals surface area contributed by atoms with Crippen molar-refractivity contribution in [2.24, 2.45) is 22.2 Å². The molecule has 7 rings (SSSR count). The first-order chi connectivity index (χ1) is 19.1. The van der Waals surface area contributed by atoms with E-state index in [1.807, 2.05) is 13.0 Å². The van der Waals surface area contributed by atoms with Gasteiger partial charge in [-0.2, -0.15) is 0 Å². The van der Waals surface area contributed by atoms with Crippen molar-refractivity contribution in [1.29, 1.82) is 0 Å². The van der Waals surface area contributed by atoms with Gasteiger partial charge >= 0.3 is 0 Å². The summed E-state index contributed by atoms with van der Waals surface area (Å²) in [6, 6.07) is 5.56. The van der Waals surface area contributed by atoms with Crippen molar-refractivity contribution in [3.05, 3.63) is 88.6 Å². The molecular weight excluding hydrogens is 489 g/mol. The van der Waals surface area contributed by atoms with E-state index >= 15 is 0 Å². The number of ether oxygens (including phenoxy) is 1. The van der Waals surface area contributed by atoms with Crippen LogP contribution in [0.1, 0.15) is 69.3 Å². The molecule has 0 N–H and O–H groups in total. The number of hydrogen-bond donors (Lipinski definition) is 0. The molecule has 1 aromatic heterocycles. The lowest BCUT2D eigenvalue weighted by Gasteiger charge is -2.46. The summed E-state index contributed by atoms with van der Waals surface area (Å²) in [7, 11) is 0. The second kappa shape index (κ2) is 9.47. The van der Waals surface area contributed by atoms with Crippen LogP contribution in [0, 0.1) is 23.1 Å². The summed E-state index contributed by atoms with van der Waals surface area (Å²) in [6.45, 7) is 5.02. The van der Waals surface area contributed by atoms with E-state index in [2.05, 4.69) is 58.8 Å². The molecule has 2 fully saturated rings. The lowest BCUT2D eigenvalue weighted by Crippen LogP contribution is -2.44. The number of allylic oxidation sites excluding steroid dienone is 7. The van der Waals surface area contributed by atoms with Gasteiger partial charge in [0.25, 0.3) is 0 Å². The van der Waals surface area contributed by atoms with Crippen molar-refractivity contribution in [3.63, 3.8) is 0 Å². The molecule has 5 aliphatic rings. The van der Waals surface area contributed by atoms with Gasteiger partial charge in [-0.05, 0) is 91.7 Å². The van der Waals surface area contributed by atoms with Crippen LogP contribution < -0.4 is 0 Å². The minimum Gasteiger partial charge on any atom is -0.358 e. The van der Waals surface area contributed by atoms with E-state index in [1.54, 1.807) is 16.9 Å². The highest BCUT2D eigenvalue weighted by Gasteiger charge is 2.57. The van der Waals surface area contributed by atoms with Crippen LogP contribution in [0.2, 0.25) is 0 Å². The molecule has 2 heterocycles. The maximum Gasteiger partial charge on any atom is 0.185 e. The van der Waals surface area contributed by atoms with Gasteiger partial charge in [0.05, 0.1) is 11.5 Å². The van der Waals surface area contributed by atoms with Crippen LogP contribution >= 0.6 is 0 Å². The Balaban J connectivity index is 1.10. The molecule has 7 heteroatoms. The Bertz CT molecular complexity index is 1450. The third kappa shape index (κ3) is 4.00. The van der Waals surface area contributed by atoms with Crippen molar-refractivity contribution in [2.75, 3.05) is 6.61 Å². The Labute approximate surface area is 229 Å². The summed E-state index contributed by atoms with van der Waals surface area (Å²) in [5.41, 5.74) is 5.51. The SMILES string of the molecule is CCOCn1nnc(C23C=CC(C45C=CCC(C6CCC(c7c(F)cccc7CC)=N6)=CC4C5)=CC2CC3)n1. The highest BCUT2D eigenvalue weighted by atomic mass is 19.1. The van der Waals surface area contributed by atoms with Gasteiger partial charge in [0, 0.05) is 23.3 Å². The van der Waals surface area contributed by atoms with E-state index in [1.165, 1.54) is 11.1 Å². The zero-order chi connectivity index (χ0) is 26.6. The molecule has 0 saturated heterocycles. The van der Waals surface area contributed by atoms with Crippen molar-refractivity contribution < 1.29 is 9.13 Å². The van der Waals surface area contributed by atoms with E-state index in [0.29, 0.717) is 25.2 Å². The number of hydrogen-bond acceptors (Lipinski definition) is 5. The van der Waals surface area contributed by atoms with Gasteiger partial charge in [-0.15, -0.1) is 15.0 Å². The zero-order valence-corrected chi connectivity index (χ0v) is 22.8. The van der Waals surface area contributed by atoms with Crippen LogP contribution in [0.25, 0.3) is 0 Å². The Morgan fingerprint density at radius 3 is 2.82 bits per heavy atom. The van der Waals surface area contributed by atoms with Crippen LogP contribution in [0.5, 0.6) is 0 Å². The van der Waals surface area contributed by atoms with Crippen molar-refractivity contribution >= 4 is 5.71 Å². The molecule has 39 heavy (non-hydrogen) atoms. The number of halogens is 1. The molecule has 2 saturated carbocycles. The maximum atomic E-state index is 14.8. The normalized spacial score (nSPS) is 32.5. The fourth-order valence-corrected chi connectivity index (χ4v) is 7.24. The number of aryl methyl sites for hydroxylation is 1. The molecule has 1 aliphatic heterocycles. The fourth-order valence-electron chi connectivity index (χ4n) is 7.24. The molecule has 0 bridgehead atoms. The highest BCUT2D eigenvalue weighted by molar-refractivity contribution is 6.03. The second-order valence-corrected chi connectivity index (χ2v) is 11.7. The van der Waals surface area contributed by atoms with E-state index in [9.17, 15) is 4.39 Å². The van der Waals surface area contributed by atoms with Crippen LogP contribution in [-0.4, -0.2) is 38.6 Å². The number of nitrogens with zero attached hydrogens (tertiary/aromatic N) is 5. The molecule has 5 unspecified atom stereocenters. The predicted molar refractivity (Wildman–Crippen MR) is 149 cm³/mol. The number of benzene rings is 1. The number of tetrazole rings is 1. The average Bonchev–Trinajstić information content (AvgIpc) is 3.22. The first-order valence-corrected chi connectivity index (χ1v) is 14.6. The number of aliphatic imine (C=N–C) groups is 1. The molecule has 5 atom stereocenters. The van der Waals surface area contributed by atoms with Gasteiger partial charge in [-0.25, -0.2) is 4.39 Å². The topological polar surface area (TPSA) is 65.2 Å². The Morgan fingerprint density at radius 2 is 2.03 bits per heavy atom. The van der Waals surface area contributed by atoms with Gasteiger partial charge in [-0.3, -0.25) is 4.99 Å². The molecular formula is C32H36FN5O. The van der Waals surface area contributed by atoms with E-state index in [0.717, 1.165) is 67.6 Å². The first kappa shape index (κ1) is 24.8. The first-order valence-electron chi connectivity index (χ1n) is 14.6. The minimum atomic E-state index is -0.139. The number of rotatable bonds is 8. The van der Waals surface area contributed by atoms with E-state index < -0.39 is 0 Å². The smallest absolute Gasteiger partial charge is 0.185 e. The molecule has 2 aromatic rings. The van der Waals surface area contributed by atoms with Crippen LogP contribution in [0.4, 0.5) is 4.39 Å². The summed E-state index contributed by atoms with van der Waals surface area (Å²) in [4.78, 5) is 6.64. The summed E-state index contributed by atoms with van der Waals surface area (Å²) in [5.74, 6) is 1.58. The standard InChI is InChI=1S/C32H36FN5O/c1-3-21-7-5-9-26(33)29(21)28-11-10-27(34-28)22-8-6-14-32(19-25(32)17-22)24-13-16-31(15-12-23(31)18-24)30-35-37-38(36-30)20-39-4-2/h5-7,9,13-14,16-18,23,25,27H,3-4,8,10-12,15,19-20H2,1-2H3. The highest BCUT2D eigenvalue weighted by Crippen LogP contribution is 2.64. The largest absolute Gasteiger partial charge is 0.358 e. The average molecular weight is 526 g/mol. The number of fused-ring (bicyclic) bond motifs is 2. The lowest BCUT2D eigenvalue weighted by molar-refractivity contribution is 0.0671. The molecule has 1 aromatic carbocycles. The molecule has 0 amide bonds. The summed E-state index contributed by atoms with van der Waals surface area (Å²) >= 11 is 0. The van der Waals surface area contributed by atoms with Gasteiger partial charge in [0.1, 0.15) is 5.82 Å². The molecule has 4 aliphatic carbocycles. The van der Waals surface area contributed by atoms with Crippen molar-refractivity contribution in [3.8, 4) is 0 Å². The zero-order valence-electron chi connectivity index (χ0n) is 22.8. The van der Waals surface area contributed by atoms with E-state index in [-0.39, 0.29) is 22.7 Å². The third-order valence-electron chi connectivity index (χ3n) is 9.70. The Morgan fingerprint density at radius 1 is 1.10 bits per heavy atom. The Kier molecular flexibility index (Phi) is 6.03. The monoisotopic (exact) mass is 525 g/mol. The molecule has 0 spiro atoms. The van der Waals surface area contributed by atoms with Gasteiger partial charge in [0.2, 0.25) is 0 Å². The third-order valence-corrected chi connectivity index (χ3v) is 9.70. The predicted octanol–water partition coefficient (Wildman–Crippen LogP) is 6.06. The van der Waals surface area contributed by atoms with Crippen LogP contribution in [0.15, 0.2) is 70.8 Å². The van der Waals surface area contributed by atoms with Crippen LogP contribution in [-0.2, 0) is 23.3 Å². The fraction of sp³-hybridized carbons (Fsp3) is 0.500. The summed E-state index contributed by atoms with van der Waals surface area (Å²) in [5, 5.41) is 13.3. The summed E-state index contributed by atoms with van der Waals surface area (Å²) in [6.07, 6.45) is 21.4. The van der Waals surface area contributed by atoms with Crippen molar-refractivity contribution in [1.82, 2.24) is 20.2 Å². The quantitative estimate of drug-likeness (QED) is 0.393. The van der Waals surface area contributed by atoms with Gasteiger partial charge in [-0.1, -0.05) is 55.5 Å². The van der Waals surface area contributed by atoms with Gasteiger partial charge in [0.15, 0.2) is 12.6 Å². The molecule has 0 radical (unpaired) electrons. The Hall–Kier alpha value is -3.19. The molecule has 202 valence electrons. The second-order valence-electron chi connectivity index (χ2n) is 11.7. The van der Waals surface area contributed by atoms with E-state index in [4.69, 9.17) is 9.73 Å². The molecule has 6 nitrogen and oxygen atoms in total. The van der Waals surface area contributed by atoms with Gasteiger partial charge < -0.3 is 4.74 Å². The van der Waals surface area contributed by atoms with Crippen molar-refractivity contribution in [2.45, 2.75) is 77.0 Å². The van der Waals surface area contributed by atoms with Crippen LogP contribution in [0.3, 0.4) is 0 Å². The number of aromatic nitrogens is 4. The minimum absolute atomic E-state index is 0.0894.